The number of guanidine groups is 1. The Hall–Kier alpha value is -1.55. The van der Waals surface area contributed by atoms with Gasteiger partial charge in [-0.05, 0) is 12.1 Å². The highest BCUT2D eigenvalue weighted by molar-refractivity contribution is 14.0. The molecular weight excluding hydrogens is 425 g/mol. The summed E-state index contributed by atoms with van der Waals surface area (Å²) in [6.07, 6.45) is 1.12. The lowest BCUT2D eigenvalue weighted by atomic mass is 10.3. The molecule has 24 heavy (non-hydrogen) atoms. The number of rotatable bonds is 9. The maximum absolute atomic E-state index is 11.1. The van der Waals surface area contributed by atoms with Gasteiger partial charge in [0.15, 0.2) is 5.96 Å². The molecule has 0 unspecified atom stereocenters. The van der Waals surface area contributed by atoms with Gasteiger partial charge in [0.1, 0.15) is 5.75 Å². The van der Waals surface area contributed by atoms with Crippen LogP contribution in [0.2, 0.25) is 0 Å². The van der Waals surface area contributed by atoms with Crippen molar-refractivity contribution in [1.29, 1.82) is 0 Å². The summed E-state index contributed by atoms with van der Waals surface area (Å²) in [5.41, 5.74) is 0.848. The molecule has 0 aromatic heterocycles. The fourth-order valence-corrected chi connectivity index (χ4v) is 1.76. The second-order valence-corrected chi connectivity index (χ2v) is 4.67. The fourth-order valence-electron chi connectivity index (χ4n) is 1.76. The van der Waals surface area contributed by atoms with E-state index in [1.54, 1.807) is 14.2 Å². The summed E-state index contributed by atoms with van der Waals surface area (Å²) in [6.45, 7) is 1.72. The third-order valence-electron chi connectivity index (χ3n) is 2.93. The van der Waals surface area contributed by atoms with Gasteiger partial charge in [0.05, 0.1) is 20.1 Å². The van der Waals surface area contributed by atoms with Crippen LogP contribution < -0.4 is 15.4 Å². The molecule has 0 fully saturated rings. The molecule has 0 aliphatic heterocycles. The number of ether oxygens (including phenoxy) is 3. The van der Waals surface area contributed by atoms with Gasteiger partial charge in [0.25, 0.3) is 0 Å². The van der Waals surface area contributed by atoms with E-state index in [-0.39, 0.29) is 36.4 Å². The Morgan fingerprint density at radius 1 is 1.25 bits per heavy atom. The van der Waals surface area contributed by atoms with E-state index < -0.39 is 0 Å². The number of hydrogen-bond donors (Lipinski definition) is 2. The molecule has 0 amide bonds. The highest BCUT2D eigenvalue weighted by Crippen LogP contribution is 2.17. The monoisotopic (exact) mass is 451 g/mol. The van der Waals surface area contributed by atoms with Gasteiger partial charge in [-0.3, -0.25) is 9.79 Å². The molecule has 1 aromatic carbocycles. The number of halogens is 1. The minimum atomic E-state index is -0.264. The third-order valence-corrected chi connectivity index (χ3v) is 2.93. The maximum Gasteiger partial charge on any atom is 0.307 e. The number of nitrogens with one attached hydrogen (secondary N) is 2. The van der Waals surface area contributed by atoms with Crippen molar-refractivity contribution in [2.75, 3.05) is 46.3 Å². The molecule has 0 saturated heterocycles. The molecule has 0 saturated carbocycles. The minimum absolute atomic E-state index is 0. The molecule has 0 atom stereocenters. The molecule has 0 aliphatic rings. The second kappa shape index (κ2) is 13.8. The second-order valence-electron chi connectivity index (χ2n) is 4.67. The first-order chi connectivity index (χ1) is 11.2. The lowest BCUT2D eigenvalue weighted by Crippen LogP contribution is -2.32. The van der Waals surface area contributed by atoms with E-state index in [9.17, 15) is 4.79 Å². The number of hydrogen-bond acceptors (Lipinski definition) is 5. The summed E-state index contributed by atoms with van der Waals surface area (Å²) in [5, 5.41) is 6.19. The van der Waals surface area contributed by atoms with Crippen LogP contribution in [0.15, 0.2) is 29.3 Å². The molecule has 0 heterocycles. The molecule has 1 aromatic rings. The minimum Gasteiger partial charge on any atom is -0.493 e. The molecule has 0 spiro atoms. The van der Waals surface area contributed by atoms with Gasteiger partial charge < -0.3 is 24.8 Å². The van der Waals surface area contributed by atoms with Crippen molar-refractivity contribution < 1.29 is 19.0 Å². The Bertz CT molecular complexity index is 512. The topological polar surface area (TPSA) is 81.2 Å². The number of methoxy groups -OCH3 is 2. The van der Waals surface area contributed by atoms with E-state index in [2.05, 4.69) is 20.4 Å². The van der Waals surface area contributed by atoms with Crippen molar-refractivity contribution in [1.82, 2.24) is 5.32 Å². The largest absolute Gasteiger partial charge is 0.493 e. The first-order valence-corrected chi connectivity index (χ1v) is 7.46. The molecule has 7 nitrogen and oxygen atoms in total. The summed E-state index contributed by atoms with van der Waals surface area (Å²) in [5.74, 6) is 1.08. The number of benzene rings is 1. The van der Waals surface area contributed by atoms with Crippen LogP contribution in [-0.4, -0.2) is 53.0 Å². The zero-order valence-electron chi connectivity index (χ0n) is 14.3. The van der Waals surface area contributed by atoms with Crippen molar-refractivity contribution in [3.8, 4) is 5.75 Å². The molecule has 0 aliphatic carbocycles. The van der Waals surface area contributed by atoms with Crippen LogP contribution in [0.4, 0.5) is 5.69 Å². The van der Waals surface area contributed by atoms with Gasteiger partial charge in [-0.15, -0.1) is 24.0 Å². The van der Waals surface area contributed by atoms with Crippen LogP contribution in [0, 0.1) is 0 Å². The first-order valence-electron chi connectivity index (χ1n) is 7.46. The van der Waals surface area contributed by atoms with Crippen LogP contribution in [0.25, 0.3) is 0 Å². The Kier molecular flexibility index (Phi) is 13.0. The van der Waals surface area contributed by atoms with E-state index in [0.29, 0.717) is 25.7 Å². The van der Waals surface area contributed by atoms with Crippen LogP contribution in [0.1, 0.15) is 12.8 Å². The lowest BCUT2D eigenvalue weighted by molar-refractivity contribution is -0.140. The molecular formula is C16H26IN3O4. The average molecular weight is 451 g/mol. The highest BCUT2D eigenvalue weighted by Gasteiger charge is 2.03. The van der Waals surface area contributed by atoms with Crippen LogP contribution in [0.5, 0.6) is 5.75 Å². The number of nitrogens with zero attached hydrogens (tertiary/aromatic N) is 1. The predicted octanol–water partition coefficient (Wildman–Crippen LogP) is 2.27. The average Bonchev–Trinajstić information content (AvgIpc) is 2.58. The fraction of sp³-hybridized carbons (Fsp3) is 0.500. The predicted molar refractivity (Wildman–Crippen MR) is 105 cm³/mol. The Morgan fingerprint density at radius 3 is 2.71 bits per heavy atom. The standard InChI is InChI=1S/C16H25N3O4.HI/c1-17-16(18-9-8-15(20)22-3)19-13-6-4-7-14(12-13)23-11-5-10-21-2;/h4,6-7,12H,5,8-11H2,1-3H3,(H2,17,18,19);1H. The van der Waals surface area contributed by atoms with Gasteiger partial charge in [-0.2, -0.15) is 0 Å². The maximum atomic E-state index is 11.1. The van der Waals surface area contributed by atoms with Gasteiger partial charge >= 0.3 is 5.97 Å². The van der Waals surface area contributed by atoms with E-state index in [1.807, 2.05) is 24.3 Å². The SMILES string of the molecule is CN=C(NCCC(=O)OC)Nc1cccc(OCCCOC)c1.I. The van der Waals surface area contributed by atoms with Gasteiger partial charge in [-0.1, -0.05) is 6.07 Å². The molecule has 0 bridgehead atoms. The van der Waals surface area contributed by atoms with Crippen molar-refractivity contribution in [2.24, 2.45) is 4.99 Å². The molecule has 136 valence electrons. The van der Waals surface area contributed by atoms with Crippen LogP contribution >= 0.6 is 24.0 Å². The first kappa shape index (κ1) is 22.4. The van der Waals surface area contributed by atoms with Gasteiger partial charge in [0.2, 0.25) is 0 Å². The van der Waals surface area contributed by atoms with Crippen molar-refractivity contribution >= 4 is 41.6 Å². The highest BCUT2D eigenvalue weighted by atomic mass is 127. The summed E-state index contributed by atoms with van der Waals surface area (Å²) in [4.78, 5) is 15.2. The van der Waals surface area contributed by atoms with E-state index >= 15 is 0 Å². The summed E-state index contributed by atoms with van der Waals surface area (Å²) < 4.78 is 15.2. The normalized spacial score (nSPS) is 10.5. The van der Waals surface area contributed by atoms with Gasteiger partial charge in [-0.25, -0.2) is 0 Å². The number of aliphatic imine (C=N–C) groups is 1. The van der Waals surface area contributed by atoms with Gasteiger partial charge in [0, 0.05) is 45.5 Å². The van der Waals surface area contributed by atoms with Crippen molar-refractivity contribution in [3.63, 3.8) is 0 Å². The quantitative estimate of drug-likeness (QED) is 0.197. The van der Waals surface area contributed by atoms with E-state index in [0.717, 1.165) is 17.9 Å². The molecule has 0 radical (unpaired) electrons. The number of anilines is 1. The Morgan fingerprint density at radius 2 is 2.04 bits per heavy atom. The smallest absolute Gasteiger partial charge is 0.307 e. The summed E-state index contributed by atoms with van der Waals surface area (Å²) >= 11 is 0. The zero-order valence-corrected chi connectivity index (χ0v) is 16.7. The van der Waals surface area contributed by atoms with Crippen molar-refractivity contribution in [2.45, 2.75) is 12.8 Å². The number of carbonyl (C=O) groups excluding carboxylic acids is 1. The van der Waals surface area contributed by atoms with E-state index in [4.69, 9.17) is 9.47 Å². The van der Waals surface area contributed by atoms with E-state index in [1.165, 1.54) is 7.11 Å². The van der Waals surface area contributed by atoms with Crippen LogP contribution in [0.3, 0.4) is 0 Å². The Labute approximate surface area is 160 Å². The van der Waals surface area contributed by atoms with Crippen molar-refractivity contribution in [3.05, 3.63) is 24.3 Å². The molecule has 2 N–H and O–H groups in total. The lowest BCUT2D eigenvalue weighted by Gasteiger charge is -2.13. The summed E-state index contributed by atoms with van der Waals surface area (Å²) in [7, 11) is 4.70. The molecule has 8 heteroatoms. The zero-order chi connectivity index (χ0) is 16.9. The number of esters is 1. The Balaban J connectivity index is 0.00000529. The third kappa shape index (κ3) is 9.56. The summed E-state index contributed by atoms with van der Waals surface area (Å²) in [6, 6.07) is 7.59. The molecule has 1 rings (SSSR count). The van der Waals surface area contributed by atoms with Crippen LogP contribution in [-0.2, 0) is 14.3 Å². The number of carbonyl (C=O) groups is 1.